The van der Waals surface area contributed by atoms with Crippen LogP contribution in [0.2, 0.25) is 0 Å². The smallest absolute Gasteiger partial charge is 0.275 e. The zero-order valence-corrected chi connectivity index (χ0v) is 14.9. The van der Waals surface area contributed by atoms with E-state index in [2.05, 4.69) is 32.3 Å². The molecule has 0 spiro atoms. The molecule has 0 radical (unpaired) electrons. The van der Waals surface area contributed by atoms with Gasteiger partial charge in [-0.25, -0.2) is 0 Å². The average molecular weight is 357 g/mol. The first-order valence-corrected chi connectivity index (χ1v) is 9.06. The molecule has 0 bridgehead atoms. The number of hydrogen-bond acceptors (Lipinski definition) is 3. The fourth-order valence-electron chi connectivity index (χ4n) is 4.00. The lowest BCUT2D eigenvalue weighted by atomic mass is 10.0. The highest BCUT2D eigenvalue weighted by Crippen LogP contribution is 2.38. The van der Waals surface area contributed by atoms with E-state index in [1.165, 1.54) is 10.9 Å². The van der Waals surface area contributed by atoms with Crippen LogP contribution in [0.3, 0.4) is 0 Å². The van der Waals surface area contributed by atoms with Gasteiger partial charge in [0.1, 0.15) is 6.04 Å². The lowest BCUT2D eigenvalue weighted by molar-refractivity contribution is 0.0743. The van der Waals surface area contributed by atoms with E-state index in [0.29, 0.717) is 12.2 Å². The van der Waals surface area contributed by atoms with Crippen molar-refractivity contribution in [3.63, 3.8) is 0 Å². The molecule has 2 N–H and O–H groups in total. The first-order valence-electron chi connectivity index (χ1n) is 9.06. The van der Waals surface area contributed by atoms with E-state index in [1.54, 1.807) is 6.20 Å². The van der Waals surface area contributed by atoms with Gasteiger partial charge in [0.2, 0.25) is 0 Å². The van der Waals surface area contributed by atoms with Crippen LogP contribution in [0.4, 0.5) is 0 Å². The number of para-hydroxylation sites is 1. The minimum atomic E-state index is -0.197. The summed E-state index contributed by atoms with van der Waals surface area (Å²) in [5.74, 6) is -0.0372. The van der Waals surface area contributed by atoms with Gasteiger partial charge >= 0.3 is 0 Å². The lowest BCUT2D eigenvalue weighted by Gasteiger charge is -2.25. The van der Waals surface area contributed by atoms with E-state index in [4.69, 9.17) is 0 Å². The highest BCUT2D eigenvalue weighted by Gasteiger charge is 2.41. The van der Waals surface area contributed by atoms with Gasteiger partial charge in [0.05, 0.1) is 5.69 Å². The number of rotatable bonds is 4. The van der Waals surface area contributed by atoms with E-state index in [0.717, 1.165) is 28.9 Å². The van der Waals surface area contributed by atoms with E-state index < -0.39 is 0 Å². The topological polar surface area (TPSA) is 77.7 Å². The van der Waals surface area contributed by atoms with Gasteiger partial charge in [-0.2, -0.15) is 5.10 Å². The molecule has 5 rings (SSSR count). The minimum absolute atomic E-state index is 0.0372. The number of amides is 1. The third-order valence-electron chi connectivity index (χ3n) is 5.31. The molecule has 1 atom stereocenters. The summed E-state index contributed by atoms with van der Waals surface area (Å²) in [6.07, 6.45) is 4.57. The van der Waals surface area contributed by atoms with E-state index in [9.17, 15) is 4.79 Å². The zero-order chi connectivity index (χ0) is 18.4. The van der Waals surface area contributed by atoms with Gasteiger partial charge in [-0.05, 0) is 37.1 Å². The van der Waals surface area contributed by atoms with Crippen LogP contribution in [0.25, 0.3) is 10.9 Å². The van der Waals surface area contributed by atoms with Crippen molar-refractivity contribution in [1.82, 2.24) is 25.1 Å². The third-order valence-corrected chi connectivity index (χ3v) is 5.31. The van der Waals surface area contributed by atoms with E-state index in [-0.39, 0.29) is 11.9 Å². The number of H-pyrrole nitrogens is 2. The Balaban J connectivity index is 1.50. The van der Waals surface area contributed by atoms with E-state index >= 15 is 0 Å². The van der Waals surface area contributed by atoms with Crippen LogP contribution in [0.1, 0.15) is 39.0 Å². The number of aromatic amines is 2. The maximum Gasteiger partial charge on any atom is 0.275 e. The van der Waals surface area contributed by atoms with Crippen molar-refractivity contribution in [3.8, 4) is 0 Å². The van der Waals surface area contributed by atoms with Crippen LogP contribution >= 0.6 is 0 Å². The maximum absolute atomic E-state index is 13.0. The molecule has 0 saturated heterocycles. The summed E-state index contributed by atoms with van der Waals surface area (Å²) in [4.78, 5) is 22.7. The molecular formula is C21H19N5O. The molecule has 6 heteroatoms. The van der Waals surface area contributed by atoms with Crippen molar-refractivity contribution in [3.05, 3.63) is 83.1 Å². The Hall–Kier alpha value is -3.41. The predicted molar refractivity (Wildman–Crippen MR) is 102 cm³/mol. The van der Waals surface area contributed by atoms with Crippen LogP contribution in [0.15, 0.2) is 54.9 Å². The Morgan fingerprint density at radius 3 is 2.85 bits per heavy atom. The molecule has 6 nitrogen and oxygen atoms in total. The van der Waals surface area contributed by atoms with Gasteiger partial charge < -0.3 is 9.88 Å². The van der Waals surface area contributed by atoms with Crippen LogP contribution in [0, 0.1) is 6.92 Å². The second-order valence-corrected chi connectivity index (χ2v) is 6.88. The molecule has 4 heterocycles. The van der Waals surface area contributed by atoms with Crippen molar-refractivity contribution in [2.24, 2.45) is 0 Å². The summed E-state index contributed by atoms with van der Waals surface area (Å²) >= 11 is 0. The molecule has 1 aromatic carbocycles. The molecule has 1 aliphatic heterocycles. The van der Waals surface area contributed by atoms with Crippen molar-refractivity contribution in [1.29, 1.82) is 0 Å². The standard InChI is InChI=1S/C21H19N5O/c1-13-18-19(25-24-13)21(27)26(20(18)17-8-4-5-10-22-17)11-9-14-12-23-16-7-3-2-6-15(14)16/h2-8,10,12,20,23H,9,11H2,1H3,(H,24,25)/t20-/m1/s1. The Labute approximate surface area is 156 Å². The fourth-order valence-corrected chi connectivity index (χ4v) is 4.00. The predicted octanol–water partition coefficient (Wildman–Crippen LogP) is 3.38. The first-order chi connectivity index (χ1) is 13.2. The fraction of sp³-hybridized carbons (Fsp3) is 0.190. The molecule has 1 aliphatic rings. The van der Waals surface area contributed by atoms with Crippen molar-refractivity contribution < 1.29 is 4.79 Å². The van der Waals surface area contributed by atoms with Gasteiger partial charge in [0, 0.05) is 41.1 Å². The van der Waals surface area contributed by atoms with Gasteiger partial charge in [-0.1, -0.05) is 24.3 Å². The number of benzene rings is 1. The monoisotopic (exact) mass is 357 g/mol. The number of pyridine rings is 1. The molecule has 27 heavy (non-hydrogen) atoms. The normalized spacial score (nSPS) is 16.3. The second kappa shape index (κ2) is 6.09. The van der Waals surface area contributed by atoms with Crippen LogP contribution in [-0.2, 0) is 6.42 Å². The number of hydrogen-bond donors (Lipinski definition) is 2. The Kier molecular flexibility index (Phi) is 3.57. The minimum Gasteiger partial charge on any atom is -0.361 e. The number of aromatic nitrogens is 4. The Bertz CT molecular complexity index is 1130. The molecule has 3 aromatic heterocycles. The number of nitrogens with zero attached hydrogens (tertiary/aromatic N) is 3. The SMILES string of the molecule is Cc1[nH]nc2c1[C@@H](c1ccccn1)N(CCc1c[nH]c3ccccc13)C2=O. The number of nitrogens with one attached hydrogen (secondary N) is 2. The van der Waals surface area contributed by atoms with Crippen molar-refractivity contribution in [2.75, 3.05) is 6.54 Å². The maximum atomic E-state index is 13.0. The van der Waals surface area contributed by atoms with Crippen molar-refractivity contribution >= 4 is 16.8 Å². The largest absolute Gasteiger partial charge is 0.361 e. The molecule has 0 fully saturated rings. The second-order valence-electron chi connectivity index (χ2n) is 6.88. The summed E-state index contributed by atoms with van der Waals surface area (Å²) in [6.45, 7) is 2.57. The number of carbonyl (C=O) groups is 1. The first kappa shape index (κ1) is 15.8. The molecule has 1 amide bonds. The third kappa shape index (κ3) is 2.44. The summed E-state index contributed by atoms with van der Waals surface area (Å²) < 4.78 is 0. The Morgan fingerprint density at radius 2 is 2.00 bits per heavy atom. The number of fused-ring (bicyclic) bond motifs is 2. The van der Waals surface area contributed by atoms with Crippen LogP contribution < -0.4 is 0 Å². The van der Waals surface area contributed by atoms with Crippen LogP contribution in [-0.4, -0.2) is 37.5 Å². The quantitative estimate of drug-likeness (QED) is 0.588. The van der Waals surface area contributed by atoms with Gasteiger partial charge in [0.15, 0.2) is 5.69 Å². The summed E-state index contributed by atoms with van der Waals surface area (Å²) in [5.41, 5.74) is 5.57. The Morgan fingerprint density at radius 1 is 1.15 bits per heavy atom. The van der Waals surface area contributed by atoms with Gasteiger partial charge in [0.25, 0.3) is 5.91 Å². The van der Waals surface area contributed by atoms with Crippen molar-refractivity contribution in [2.45, 2.75) is 19.4 Å². The number of carbonyl (C=O) groups excluding carboxylic acids is 1. The summed E-state index contributed by atoms with van der Waals surface area (Å²) in [7, 11) is 0. The molecular weight excluding hydrogens is 338 g/mol. The lowest BCUT2D eigenvalue weighted by Crippen LogP contribution is -2.32. The van der Waals surface area contributed by atoms with Gasteiger partial charge in [-0.15, -0.1) is 0 Å². The highest BCUT2D eigenvalue weighted by molar-refractivity contribution is 5.98. The van der Waals surface area contributed by atoms with Crippen LogP contribution in [0.5, 0.6) is 0 Å². The van der Waals surface area contributed by atoms with E-state index in [1.807, 2.05) is 48.4 Å². The summed E-state index contributed by atoms with van der Waals surface area (Å²) in [5, 5.41) is 8.40. The summed E-state index contributed by atoms with van der Waals surface area (Å²) in [6, 6.07) is 13.9. The molecule has 0 unspecified atom stereocenters. The average Bonchev–Trinajstić information content (AvgIpc) is 3.36. The highest BCUT2D eigenvalue weighted by atomic mass is 16.2. The molecule has 0 saturated carbocycles. The molecule has 4 aromatic rings. The molecule has 134 valence electrons. The van der Waals surface area contributed by atoms with Gasteiger partial charge in [-0.3, -0.25) is 14.9 Å². The molecule has 0 aliphatic carbocycles. The zero-order valence-electron chi connectivity index (χ0n) is 14.9. The number of aryl methyl sites for hydroxylation is 1.